The van der Waals surface area contributed by atoms with E-state index in [0.29, 0.717) is 16.8 Å². The lowest BCUT2D eigenvalue weighted by Crippen LogP contribution is -2.32. The molecule has 40 heavy (non-hydrogen) atoms. The zero-order valence-electron chi connectivity index (χ0n) is 21.8. The Morgan fingerprint density at radius 1 is 1.05 bits per heavy atom. The zero-order valence-corrected chi connectivity index (χ0v) is 21.8. The van der Waals surface area contributed by atoms with E-state index in [0.717, 1.165) is 17.3 Å². The summed E-state index contributed by atoms with van der Waals surface area (Å²) in [5.41, 5.74) is 16.4. The van der Waals surface area contributed by atoms with Crippen LogP contribution in [-0.4, -0.2) is 44.4 Å². The largest absolute Gasteiger partial charge is 0.468 e. The molecule has 204 valence electrons. The maximum atomic E-state index is 14.4. The van der Waals surface area contributed by atoms with E-state index in [1.54, 1.807) is 23.1 Å². The fourth-order valence-electron chi connectivity index (χ4n) is 4.37. The number of aryl methyl sites for hydroxylation is 1. The highest BCUT2D eigenvalue weighted by atomic mass is 19.1. The van der Waals surface area contributed by atoms with E-state index < -0.39 is 17.6 Å². The van der Waals surface area contributed by atoms with Crippen molar-refractivity contribution in [2.75, 3.05) is 30.0 Å². The second-order valence-electron chi connectivity index (χ2n) is 9.21. The Kier molecular flexibility index (Phi) is 7.23. The molecule has 2 aromatic carbocycles. The van der Waals surface area contributed by atoms with Gasteiger partial charge in [0.2, 0.25) is 0 Å². The Morgan fingerprint density at radius 3 is 2.42 bits per heavy atom. The Morgan fingerprint density at radius 2 is 1.75 bits per heavy atom. The van der Waals surface area contributed by atoms with Crippen LogP contribution >= 0.6 is 0 Å². The van der Waals surface area contributed by atoms with Gasteiger partial charge in [-0.1, -0.05) is 48.0 Å². The molecule has 0 saturated carbocycles. The average molecular weight is 545 g/mol. The molecule has 0 bridgehead atoms. The number of nitrogens with two attached hydrogens (primary N) is 2. The number of fused-ring (bicyclic) bond motifs is 1. The van der Waals surface area contributed by atoms with Crippen LogP contribution in [0.25, 0.3) is 17.0 Å². The maximum absolute atomic E-state index is 14.4. The smallest absolute Gasteiger partial charge is 0.325 e. The van der Waals surface area contributed by atoms with Gasteiger partial charge in [0.1, 0.15) is 29.4 Å². The summed E-state index contributed by atoms with van der Waals surface area (Å²) in [6.45, 7) is 2.09. The van der Waals surface area contributed by atoms with Crippen molar-refractivity contribution in [1.29, 1.82) is 0 Å². The van der Waals surface area contributed by atoms with E-state index in [9.17, 15) is 13.6 Å². The summed E-state index contributed by atoms with van der Waals surface area (Å²) in [6, 6.07) is 15.3. The van der Waals surface area contributed by atoms with E-state index in [1.807, 2.05) is 31.2 Å². The summed E-state index contributed by atoms with van der Waals surface area (Å²) in [5, 5.41) is 4.53. The number of carbonyl (C=O) groups is 1. The standard InChI is InChI=1S/C28H26F2N8O2/c1-16-7-9-17(10-8-16)14-37(15-23(39)40-2)25-26(31)34-28(35-27(25)32)38-22-12-19(29)13-33-24(22)21(36-38)11-18-5-3-4-6-20(18)30/h3-10,12-13H,11,14-15H2,1-2H3,(H4,31,32,34,35). The second-order valence-corrected chi connectivity index (χ2v) is 9.21. The van der Waals surface area contributed by atoms with Gasteiger partial charge in [-0.25, -0.2) is 13.8 Å². The van der Waals surface area contributed by atoms with Gasteiger partial charge in [-0.05, 0) is 24.1 Å². The van der Waals surface area contributed by atoms with Crippen LogP contribution in [0.3, 0.4) is 0 Å². The minimum absolute atomic E-state index is 0.0258. The minimum atomic E-state index is -0.606. The van der Waals surface area contributed by atoms with Crippen LogP contribution in [0.1, 0.15) is 22.4 Å². The molecule has 5 aromatic rings. The molecule has 0 spiro atoms. The number of pyridine rings is 1. The molecule has 0 amide bonds. The lowest BCUT2D eigenvalue weighted by Gasteiger charge is -2.25. The first-order chi connectivity index (χ1) is 19.2. The molecule has 0 saturated heterocycles. The fraction of sp³-hybridized carbons (Fsp3) is 0.179. The van der Waals surface area contributed by atoms with Crippen molar-refractivity contribution in [3.63, 3.8) is 0 Å². The maximum Gasteiger partial charge on any atom is 0.325 e. The van der Waals surface area contributed by atoms with Crippen LogP contribution in [0.2, 0.25) is 0 Å². The third-order valence-corrected chi connectivity index (χ3v) is 6.35. The van der Waals surface area contributed by atoms with E-state index >= 15 is 0 Å². The molecule has 0 aliphatic rings. The normalized spacial score (nSPS) is 11.1. The Hall–Kier alpha value is -5.13. The number of halogens is 2. The van der Waals surface area contributed by atoms with Crippen LogP contribution in [0.5, 0.6) is 0 Å². The predicted octanol–water partition coefficient (Wildman–Crippen LogP) is 3.73. The van der Waals surface area contributed by atoms with Crippen LogP contribution in [0.15, 0.2) is 60.8 Å². The second kappa shape index (κ2) is 10.9. The van der Waals surface area contributed by atoms with E-state index in [1.165, 1.54) is 23.9 Å². The molecule has 3 aromatic heterocycles. The molecule has 0 aliphatic heterocycles. The lowest BCUT2D eigenvalue weighted by atomic mass is 10.1. The average Bonchev–Trinajstić information content (AvgIpc) is 3.27. The number of ether oxygens (including phenoxy) is 1. The summed E-state index contributed by atoms with van der Waals surface area (Å²) in [4.78, 5) is 26.8. The van der Waals surface area contributed by atoms with Gasteiger partial charge in [-0.15, -0.1) is 0 Å². The van der Waals surface area contributed by atoms with Gasteiger partial charge in [-0.2, -0.15) is 19.7 Å². The van der Waals surface area contributed by atoms with Gasteiger partial charge in [0.05, 0.1) is 24.5 Å². The Bertz CT molecular complexity index is 1680. The fourth-order valence-corrected chi connectivity index (χ4v) is 4.37. The van der Waals surface area contributed by atoms with Crippen molar-refractivity contribution >= 4 is 34.3 Å². The van der Waals surface area contributed by atoms with E-state index in [-0.39, 0.29) is 48.3 Å². The monoisotopic (exact) mass is 544 g/mol. The van der Waals surface area contributed by atoms with Gasteiger partial charge < -0.3 is 21.1 Å². The molecule has 0 unspecified atom stereocenters. The molecule has 3 heterocycles. The highest BCUT2D eigenvalue weighted by molar-refractivity contribution is 5.83. The van der Waals surface area contributed by atoms with E-state index in [4.69, 9.17) is 16.2 Å². The summed E-state index contributed by atoms with van der Waals surface area (Å²) in [6.07, 6.45) is 1.16. The Labute approximate surface area is 228 Å². The summed E-state index contributed by atoms with van der Waals surface area (Å²) in [7, 11) is 1.29. The third kappa shape index (κ3) is 5.37. The van der Waals surface area contributed by atoms with Crippen molar-refractivity contribution in [2.24, 2.45) is 0 Å². The number of carbonyl (C=O) groups excluding carboxylic acids is 1. The SMILES string of the molecule is COC(=O)CN(Cc1ccc(C)cc1)c1c(N)nc(-n2nc(Cc3ccccc3F)c3ncc(F)cc32)nc1N. The molecule has 10 nitrogen and oxygen atoms in total. The number of rotatable bonds is 8. The van der Waals surface area contributed by atoms with Gasteiger partial charge in [0.15, 0.2) is 11.6 Å². The molecule has 12 heteroatoms. The molecule has 5 rings (SSSR count). The molecule has 0 radical (unpaired) electrons. The first-order valence-corrected chi connectivity index (χ1v) is 12.3. The molecule has 0 atom stereocenters. The lowest BCUT2D eigenvalue weighted by molar-refractivity contribution is -0.138. The highest BCUT2D eigenvalue weighted by Gasteiger charge is 2.23. The zero-order chi connectivity index (χ0) is 28.4. The van der Waals surface area contributed by atoms with Gasteiger partial charge in [0.25, 0.3) is 5.95 Å². The van der Waals surface area contributed by atoms with Crippen molar-refractivity contribution in [2.45, 2.75) is 19.9 Å². The topological polar surface area (TPSA) is 138 Å². The minimum Gasteiger partial charge on any atom is -0.468 e. The quantitative estimate of drug-likeness (QED) is 0.280. The first-order valence-electron chi connectivity index (χ1n) is 12.3. The van der Waals surface area contributed by atoms with Gasteiger partial charge >= 0.3 is 5.97 Å². The number of hydrogen-bond donors (Lipinski definition) is 2. The number of benzene rings is 2. The number of hydrogen-bond acceptors (Lipinski definition) is 9. The summed E-state index contributed by atoms with van der Waals surface area (Å²) >= 11 is 0. The van der Waals surface area contributed by atoms with Crippen molar-refractivity contribution in [1.82, 2.24) is 24.7 Å². The number of nitrogens with zero attached hydrogens (tertiary/aromatic N) is 6. The van der Waals surface area contributed by atoms with Crippen LogP contribution in [0, 0.1) is 18.6 Å². The number of esters is 1. The number of nitrogen functional groups attached to an aromatic ring is 2. The molecular weight excluding hydrogens is 518 g/mol. The number of methoxy groups -OCH3 is 1. The van der Waals surface area contributed by atoms with Crippen molar-refractivity contribution < 1.29 is 18.3 Å². The van der Waals surface area contributed by atoms with Crippen LogP contribution in [-0.2, 0) is 22.5 Å². The Balaban J connectivity index is 1.57. The van der Waals surface area contributed by atoms with Crippen LogP contribution < -0.4 is 16.4 Å². The highest BCUT2D eigenvalue weighted by Crippen LogP contribution is 2.31. The molecule has 0 fully saturated rings. The molecule has 4 N–H and O–H groups in total. The van der Waals surface area contributed by atoms with Crippen LogP contribution in [0.4, 0.5) is 26.1 Å². The summed E-state index contributed by atoms with van der Waals surface area (Å²) < 4.78 is 34.8. The number of aromatic nitrogens is 5. The predicted molar refractivity (Wildman–Crippen MR) is 147 cm³/mol. The summed E-state index contributed by atoms with van der Waals surface area (Å²) in [5.74, 6) is -1.60. The van der Waals surface area contributed by atoms with Gasteiger partial charge in [-0.3, -0.25) is 4.79 Å². The van der Waals surface area contributed by atoms with Crippen molar-refractivity contribution in [3.05, 3.63) is 94.8 Å². The molecular formula is C28H26F2N8O2. The van der Waals surface area contributed by atoms with Gasteiger partial charge in [0, 0.05) is 19.0 Å². The number of anilines is 3. The van der Waals surface area contributed by atoms with E-state index in [2.05, 4.69) is 20.1 Å². The first kappa shape index (κ1) is 26.5. The van der Waals surface area contributed by atoms with Crippen molar-refractivity contribution in [3.8, 4) is 5.95 Å². The molecule has 0 aliphatic carbocycles. The third-order valence-electron chi connectivity index (χ3n) is 6.35.